The Kier molecular flexibility index (Phi) is 3.66. The minimum absolute atomic E-state index is 0.401. The van der Waals surface area contributed by atoms with Gasteiger partial charge in [-0.05, 0) is 19.9 Å². The van der Waals surface area contributed by atoms with E-state index in [1.54, 1.807) is 18.2 Å². The Morgan fingerprint density at radius 3 is 2.69 bits per heavy atom. The largest absolute Gasteiger partial charge is 0.368 e. The van der Waals surface area contributed by atoms with Crippen LogP contribution in [0, 0.1) is 0 Å². The van der Waals surface area contributed by atoms with Crippen LogP contribution in [-0.4, -0.2) is 30.2 Å². The molecule has 0 saturated carbocycles. The summed E-state index contributed by atoms with van der Waals surface area (Å²) in [5, 5.41) is 9.98. The van der Waals surface area contributed by atoms with Crippen LogP contribution >= 0.6 is 0 Å². The number of ether oxygens (including phenoxy) is 2. The van der Waals surface area contributed by atoms with Crippen LogP contribution in [0.2, 0.25) is 0 Å². The molecule has 1 aliphatic carbocycles. The quantitative estimate of drug-likeness (QED) is 0.668. The molecule has 0 radical (unpaired) electrons. The van der Waals surface area contributed by atoms with Crippen molar-refractivity contribution in [2.24, 2.45) is 0 Å². The van der Waals surface area contributed by atoms with Gasteiger partial charge in [0.05, 0.1) is 0 Å². The first kappa shape index (κ1) is 10.4. The summed E-state index contributed by atoms with van der Waals surface area (Å²) in [6.45, 7) is 4.74. The minimum Gasteiger partial charge on any atom is -0.368 e. The molecule has 0 fully saturated rings. The Balaban J connectivity index is 2.68. The van der Waals surface area contributed by atoms with Crippen molar-refractivity contribution >= 4 is 0 Å². The van der Waals surface area contributed by atoms with Crippen molar-refractivity contribution in [3.05, 3.63) is 24.3 Å². The predicted molar refractivity (Wildman–Crippen MR) is 50.3 cm³/mol. The summed E-state index contributed by atoms with van der Waals surface area (Å²) >= 11 is 0. The Morgan fingerprint density at radius 1 is 1.31 bits per heavy atom. The van der Waals surface area contributed by atoms with Gasteiger partial charge in [-0.3, -0.25) is 0 Å². The molecule has 1 aliphatic rings. The normalized spacial score (nSPS) is 32.4. The van der Waals surface area contributed by atoms with Gasteiger partial charge >= 0.3 is 0 Å². The molecule has 3 heteroatoms. The Bertz CT molecular complexity index is 210. The lowest BCUT2D eigenvalue weighted by Crippen LogP contribution is -2.44. The summed E-state index contributed by atoms with van der Waals surface area (Å²) in [4.78, 5) is 0. The minimum atomic E-state index is -1.29. The molecule has 74 valence electrons. The maximum atomic E-state index is 9.98. The van der Waals surface area contributed by atoms with E-state index in [9.17, 15) is 5.11 Å². The van der Waals surface area contributed by atoms with Gasteiger partial charge in [0.25, 0.3) is 0 Å². The summed E-state index contributed by atoms with van der Waals surface area (Å²) in [7, 11) is 0. The highest BCUT2D eigenvalue weighted by atomic mass is 16.6. The number of rotatable bonds is 4. The average molecular weight is 184 g/mol. The summed E-state index contributed by atoms with van der Waals surface area (Å²) < 4.78 is 10.6. The lowest BCUT2D eigenvalue weighted by atomic mass is 10.0. The molecule has 0 saturated heterocycles. The van der Waals surface area contributed by atoms with E-state index in [0.29, 0.717) is 13.2 Å². The average Bonchev–Trinajstić information content (AvgIpc) is 2.10. The number of aliphatic hydroxyl groups is 1. The predicted octanol–water partition coefficient (Wildman–Crippen LogP) is 1.24. The van der Waals surface area contributed by atoms with Gasteiger partial charge in [0.15, 0.2) is 0 Å². The zero-order valence-electron chi connectivity index (χ0n) is 8.06. The van der Waals surface area contributed by atoms with E-state index < -0.39 is 11.9 Å². The zero-order chi connectivity index (χ0) is 9.73. The molecule has 0 heterocycles. The standard InChI is InChI=1S/C10H16O3/c1-3-12-9-7-5-6-8-10(9,11)13-4-2/h5-9,11H,3-4H2,1-2H3. The van der Waals surface area contributed by atoms with Crippen molar-refractivity contribution in [3.8, 4) is 0 Å². The monoisotopic (exact) mass is 184 g/mol. The molecule has 1 rings (SSSR count). The van der Waals surface area contributed by atoms with Gasteiger partial charge in [-0.15, -0.1) is 0 Å². The molecule has 0 aromatic carbocycles. The van der Waals surface area contributed by atoms with Crippen LogP contribution in [0.4, 0.5) is 0 Å². The molecule has 3 nitrogen and oxygen atoms in total. The van der Waals surface area contributed by atoms with Crippen LogP contribution in [0.15, 0.2) is 24.3 Å². The molecule has 0 aromatic rings. The zero-order valence-corrected chi connectivity index (χ0v) is 8.06. The van der Waals surface area contributed by atoms with Crippen LogP contribution in [-0.2, 0) is 9.47 Å². The van der Waals surface area contributed by atoms with E-state index in [2.05, 4.69) is 0 Å². The molecule has 2 unspecified atom stereocenters. The van der Waals surface area contributed by atoms with Crippen molar-refractivity contribution in [2.45, 2.75) is 25.7 Å². The van der Waals surface area contributed by atoms with Gasteiger partial charge in [0.2, 0.25) is 5.79 Å². The fourth-order valence-corrected chi connectivity index (χ4v) is 1.31. The highest BCUT2D eigenvalue weighted by Crippen LogP contribution is 2.22. The third-order valence-electron chi connectivity index (χ3n) is 1.86. The van der Waals surface area contributed by atoms with Gasteiger partial charge < -0.3 is 14.6 Å². The first-order valence-corrected chi connectivity index (χ1v) is 4.57. The highest BCUT2D eigenvalue weighted by Gasteiger charge is 2.35. The summed E-state index contributed by atoms with van der Waals surface area (Å²) in [5.74, 6) is -1.29. The Morgan fingerprint density at radius 2 is 2.08 bits per heavy atom. The molecular weight excluding hydrogens is 168 g/mol. The Hall–Kier alpha value is -0.640. The maximum absolute atomic E-state index is 9.98. The molecule has 1 N–H and O–H groups in total. The van der Waals surface area contributed by atoms with E-state index in [1.807, 2.05) is 19.9 Å². The number of hydrogen-bond donors (Lipinski definition) is 1. The van der Waals surface area contributed by atoms with E-state index in [4.69, 9.17) is 9.47 Å². The number of hydrogen-bond acceptors (Lipinski definition) is 3. The van der Waals surface area contributed by atoms with Crippen LogP contribution in [0.5, 0.6) is 0 Å². The maximum Gasteiger partial charge on any atom is 0.216 e. The van der Waals surface area contributed by atoms with Crippen molar-refractivity contribution < 1.29 is 14.6 Å². The molecule has 2 atom stereocenters. The molecule has 13 heavy (non-hydrogen) atoms. The first-order valence-electron chi connectivity index (χ1n) is 4.57. The van der Waals surface area contributed by atoms with Gasteiger partial charge in [0.1, 0.15) is 6.10 Å². The Labute approximate surface area is 78.7 Å². The van der Waals surface area contributed by atoms with Crippen molar-refractivity contribution in [1.29, 1.82) is 0 Å². The van der Waals surface area contributed by atoms with Crippen LogP contribution in [0.3, 0.4) is 0 Å². The van der Waals surface area contributed by atoms with Gasteiger partial charge in [-0.2, -0.15) is 0 Å². The lowest BCUT2D eigenvalue weighted by Gasteiger charge is -2.32. The van der Waals surface area contributed by atoms with Crippen LogP contribution in [0.1, 0.15) is 13.8 Å². The molecule has 0 bridgehead atoms. The van der Waals surface area contributed by atoms with Gasteiger partial charge in [-0.25, -0.2) is 0 Å². The second kappa shape index (κ2) is 4.56. The molecule has 0 aliphatic heterocycles. The molecular formula is C10H16O3. The fourth-order valence-electron chi connectivity index (χ4n) is 1.31. The van der Waals surface area contributed by atoms with E-state index >= 15 is 0 Å². The van der Waals surface area contributed by atoms with Crippen LogP contribution < -0.4 is 0 Å². The molecule has 0 spiro atoms. The smallest absolute Gasteiger partial charge is 0.216 e. The van der Waals surface area contributed by atoms with Gasteiger partial charge in [-0.1, -0.05) is 18.2 Å². The van der Waals surface area contributed by atoms with Crippen LogP contribution in [0.25, 0.3) is 0 Å². The van der Waals surface area contributed by atoms with Crippen molar-refractivity contribution in [1.82, 2.24) is 0 Å². The highest BCUT2D eigenvalue weighted by molar-refractivity contribution is 5.20. The summed E-state index contributed by atoms with van der Waals surface area (Å²) in [6, 6.07) is 0. The van der Waals surface area contributed by atoms with Crippen molar-refractivity contribution in [2.75, 3.05) is 13.2 Å². The lowest BCUT2D eigenvalue weighted by molar-refractivity contribution is -0.220. The second-order valence-corrected chi connectivity index (χ2v) is 2.80. The van der Waals surface area contributed by atoms with E-state index in [0.717, 1.165) is 0 Å². The number of allylic oxidation sites excluding steroid dienone is 2. The summed E-state index contributed by atoms with van der Waals surface area (Å²) in [5.41, 5.74) is 0. The van der Waals surface area contributed by atoms with Gasteiger partial charge in [0, 0.05) is 13.2 Å². The molecule has 0 amide bonds. The fraction of sp³-hybridized carbons (Fsp3) is 0.600. The van der Waals surface area contributed by atoms with E-state index in [1.165, 1.54) is 0 Å². The third kappa shape index (κ3) is 2.40. The SMILES string of the molecule is CCOC1C=CC=CC1(O)OCC. The third-order valence-corrected chi connectivity index (χ3v) is 1.86. The first-order chi connectivity index (χ1) is 6.23. The van der Waals surface area contributed by atoms with Crippen molar-refractivity contribution in [3.63, 3.8) is 0 Å². The second-order valence-electron chi connectivity index (χ2n) is 2.80. The molecule has 0 aromatic heterocycles. The van der Waals surface area contributed by atoms with E-state index in [-0.39, 0.29) is 0 Å². The topological polar surface area (TPSA) is 38.7 Å². The summed E-state index contributed by atoms with van der Waals surface area (Å²) in [6.07, 6.45) is 6.59.